The summed E-state index contributed by atoms with van der Waals surface area (Å²) in [6.07, 6.45) is 2.82. The quantitative estimate of drug-likeness (QED) is 0.477. The first-order chi connectivity index (χ1) is 9.13. The van der Waals surface area contributed by atoms with Crippen molar-refractivity contribution in [2.24, 2.45) is 11.8 Å². The van der Waals surface area contributed by atoms with E-state index in [0.29, 0.717) is 23.9 Å². The lowest BCUT2D eigenvalue weighted by Crippen LogP contribution is -2.30. The van der Waals surface area contributed by atoms with Gasteiger partial charge in [0.1, 0.15) is 0 Å². The number of carbonyl (C=O) groups excluding carboxylic acids is 2. The Balaban J connectivity index is 1.96. The van der Waals surface area contributed by atoms with Crippen LogP contribution in [0.1, 0.15) is 41.7 Å². The van der Waals surface area contributed by atoms with E-state index >= 15 is 0 Å². The van der Waals surface area contributed by atoms with Crippen LogP contribution in [0.2, 0.25) is 0 Å². The van der Waals surface area contributed by atoms with Gasteiger partial charge < -0.3 is 4.90 Å². The average molecular weight is 282 g/mol. The molecule has 1 unspecified atom stereocenters. The number of rotatable bonds is 5. The Kier molecular flexibility index (Phi) is 4.49. The first kappa shape index (κ1) is 14.0. The average Bonchev–Trinajstić information content (AvgIpc) is 2.98. The van der Waals surface area contributed by atoms with Crippen LogP contribution >= 0.6 is 11.3 Å². The number of likely N-dealkylation sites (tertiary alicyclic amines) is 1. The lowest BCUT2D eigenvalue weighted by atomic mass is 10.0. The number of hydrazine groups is 1. The normalized spacial score (nSPS) is 18.9. The highest BCUT2D eigenvalue weighted by atomic mass is 32.1. The molecule has 0 radical (unpaired) electrons. The van der Waals surface area contributed by atoms with Gasteiger partial charge in [-0.3, -0.25) is 15.0 Å². The lowest BCUT2D eigenvalue weighted by Gasteiger charge is -2.14. The standard InChI is InChI=1S/C12H18N4O2S/c1-2-3-8-4-10(17)16(5-8)6-9-7-19-12(14-9)11(18)15-13/h7-8H,2-6,13H2,1H3,(H,15,18). The molecule has 1 aliphatic rings. The van der Waals surface area contributed by atoms with E-state index in [0.717, 1.165) is 25.1 Å². The monoisotopic (exact) mass is 282 g/mol. The summed E-state index contributed by atoms with van der Waals surface area (Å²) >= 11 is 1.24. The molecule has 1 atom stereocenters. The van der Waals surface area contributed by atoms with Gasteiger partial charge in [0.25, 0.3) is 5.91 Å². The van der Waals surface area contributed by atoms with Gasteiger partial charge in [-0.1, -0.05) is 13.3 Å². The van der Waals surface area contributed by atoms with Gasteiger partial charge in [-0.15, -0.1) is 11.3 Å². The van der Waals surface area contributed by atoms with Gasteiger partial charge in [-0.2, -0.15) is 0 Å². The number of nitrogen functional groups attached to an aromatic ring is 1. The van der Waals surface area contributed by atoms with Crippen LogP contribution in [0.5, 0.6) is 0 Å². The molecule has 2 heterocycles. The Morgan fingerprint density at radius 2 is 2.47 bits per heavy atom. The Labute approximate surface area is 116 Å². The van der Waals surface area contributed by atoms with Crippen molar-refractivity contribution >= 4 is 23.2 Å². The zero-order valence-electron chi connectivity index (χ0n) is 10.9. The zero-order valence-corrected chi connectivity index (χ0v) is 11.7. The number of amides is 2. The molecule has 1 aromatic heterocycles. The fraction of sp³-hybridized carbons (Fsp3) is 0.583. The second kappa shape index (κ2) is 6.12. The molecule has 0 bridgehead atoms. The van der Waals surface area contributed by atoms with Gasteiger partial charge >= 0.3 is 0 Å². The Hall–Kier alpha value is -1.47. The van der Waals surface area contributed by atoms with Crippen LogP contribution in [0, 0.1) is 5.92 Å². The van der Waals surface area contributed by atoms with E-state index in [1.165, 1.54) is 11.3 Å². The molecule has 6 nitrogen and oxygen atoms in total. The van der Waals surface area contributed by atoms with E-state index in [9.17, 15) is 9.59 Å². The molecule has 3 N–H and O–H groups in total. The number of nitrogens with zero attached hydrogens (tertiary/aromatic N) is 2. The summed E-state index contributed by atoms with van der Waals surface area (Å²) in [5, 5.41) is 2.12. The van der Waals surface area contributed by atoms with Crippen molar-refractivity contribution in [2.45, 2.75) is 32.7 Å². The highest BCUT2D eigenvalue weighted by Gasteiger charge is 2.29. The third-order valence-corrected chi connectivity index (χ3v) is 4.11. The number of nitrogens with one attached hydrogen (secondary N) is 1. The minimum absolute atomic E-state index is 0.177. The molecule has 2 rings (SSSR count). The summed E-state index contributed by atoms with van der Waals surface area (Å²) in [7, 11) is 0. The van der Waals surface area contributed by atoms with Crippen molar-refractivity contribution < 1.29 is 9.59 Å². The molecule has 1 aromatic rings. The summed E-state index contributed by atoms with van der Waals surface area (Å²) in [6.45, 7) is 3.40. The highest BCUT2D eigenvalue weighted by Crippen LogP contribution is 2.24. The molecule has 0 aliphatic carbocycles. The van der Waals surface area contributed by atoms with Crippen molar-refractivity contribution in [1.29, 1.82) is 0 Å². The Morgan fingerprint density at radius 1 is 1.68 bits per heavy atom. The fourth-order valence-corrected chi connectivity index (χ4v) is 3.06. The van der Waals surface area contributed by atoms with Crippen molar-refractivity contribution in [1.82, 2.24) is 15.3 Å². The summed E-state index contributed by atoms with van der Waals surface area (Å²) in [5.41, 5.74) is 2.79. The highest BCUT2D eigenvalue weighted by molar-refractivity contribution is 7.11. The van der Waals surface area contributed by atoms with Crippen LogP contribution < -0.4 is 11.3 Å². The molecule has 0 saturated carbocycles. The fourth-order valence-electron chi connectivity index (χ4n) is 2.35. The van der Waals surface area contributed by atoms with Gasteiger partial charge in [0, 0.05) is 18.3 Å². The summed E-state index contributed by atoms with van der Waals surface area (Å²) in [5.74, 6) is 5.30. The molecule has 1 fully saturated rings. The maximum Gasteiger partial charge on any atom is 0.294 e. The molecule has 0 aromatic carbocycles. The van der Waals surface area contributed by atoms with Gasteiger partial charge in [-0.05, 0) is 12.3 Å². The van der Waals surface area contributed by atoms with Crippen molar-refractivity contribution in [3.05, 3.63) is 16.1 Å². The maximum absolute atomic E-state index is 11.9. The van der Waals surface area contributed by atoms with E-state index in [2.05, 4.69) is 11.9 Å². The van der Waals surface area contributed by atoms with E-state index in [1.807, 2.05) is 10.3 Å². The third kappa shape index (κ3) is 3.30. The Bertz CT molecular complexity index is 474. The molecular weight excluding hydrogens is 264 g/mol. The largest absolute Gasteiger partial charge is 0.336 e. The van der Waals surface area contributed by atoms with Gasteiger partial charge in [0.05, 0.1) is 12.2 Å². The number of carbonyl (C=O) groups is 2. The summed E-state index contributed by atoms with van der Waals surface area (Å²) in [6, 6.07) is 0. The second-order valence-electron chi connectivity index (χ2n) is 4.75. The smallest absolute Gasteiger partial charge is 0.294 e. The van der Waals surface area contributed by atoms with Gasteiger partial charge in [0.15, 0.2) is 5.01 Å². The minimum atomic E-state index is -0.396. The molecule has 2 amide bonds. The predicted molar refractivity (Wildman–Crippen MR) is 72.2 cm³/mol. The summed E-state index contributed by atoms with van der Waals surface area (Å²) in [4.78, 5) is 29.2. The van der Waals surface area contributed by atoms with Crippen LogP contribution in [-0.2, 0) is 11.3 Å². The van der Waals surface area contributed by atoms with Crippen molar-refractivity contribution in [3.8, 4) is 0 Å². The second-order valence-corrected chi connectivity index (χ2v) is 5.61. The molecule has 19 heavy (non-hydrogen) atoms. The van der Waals surface area contributed by atoms with Crippen molar-refractivity contribution in [2.75, 3.05) is 6.54 Å². The lowest BCUT2D eigenvalue weighted by molar-refractivity contribution is -0.128. The SMILES string of the molecule is CCCC1CC(=O)N(Cc2csc(C(=O)NN)n2)C1. The minimum Gasteiger partial charge on any atom is -0.336 e. The van der Waals surface area contributed by atoms with Gasteiger partial charge in [-0.25, -0.2) is 10.8 Å². The molecule has 104 valence electrons. The van der Waals surface area contributed by atoms with Crippen LogP contribution in [0.3, 0.4) is 0 Å². The Morgan fingerprint density at radius 3 is 3.16 bits per heavy atom. The van der Waals surface area contributed by atoms with E-state index in [4.69, 9.17) is 5.84 Å². The predicted octanol–water partition coefficient (Wildman–Crippen LogP) is 0.895. The molecule has 0 spiro atoms. The summed E-state index contributed by atoms with van der Waals surface area (Å²) < 4.78 is 0. The van der Waals surface area contributed by atoms with Crippen LogP contribution in [0.4, 0.5) is 0 Å². The molecular formula is C12H18N4O2S. The number of hydrogen-bond donors (Lipinski definition) is 2. The van der Waals surface area contributed by atoms with Gasteiger partial charge in [0.2, 0.25) is 5.91 Å². The molecule has 1 aliphatic heterocycles. The van der Waals surface area contributed by atoms with E-state index in [1.54, 1.807) is 5.38 Å². The number of thiazole rings is 1. The van der Waals surface area contributed by atoms with Crippen LogP contribution in [0.25, 0.3) is 0 Å². The molecule has 7 heteroatoms. The first-order valence-electron chi connectivity index (χ1n) is 6.37. The van der Waals surface area contributed by atoms with Crippen molar-refractivity contribution in [3.63, 3.8) is 0 Å². The van der Waals surface area contributed by atoms with E-state index in [-0.39, 0.29) is 5.91 Å². The molecule has 1 saturated heterocycles. The van der Waals surface area contributed by atoms with E-state index < -0.39 is 5.91 Å². The number of aromatic nitrogens is 1. The number of hydrogen-bond acceptors (Lipinski definition) is 5. The van der Waals surface area contributed by atoms with Crippen LogP contribution in [-0.4, -0.2) is 28.2 Å². The third-order valence-electron chi connectivity index (χ3n) is 3.22. The zero-order chi connectivity index (χ0) is 13.8. The number of nitrogens with two attached hydrogens (primary N) is 1. The van der Waals surface area contributed by atoms with Crippen LogP contribution in [0.15, 0.2) is 5.38 Å². The first-order valence-corrected chi connectivity index (χ1v) is 7.25. The maximum atomic E-state index is 11.9. The topological polar surface area (TPSA) is 88.3 Å².